The molecule has 248 valence electrons. The molecule has 8 aromatic carbocycles. The fourth-order valence-corrected chi connectivity index (χ4v) is 8.53. The normalized spacial score (nSPS) is 11.8. The van der Waals surface area contributed by atoms with Crippen molar-refractivity contribution in [2.45, 2.75) is 0 Å². The van der Waals surface area contributed by atoms with Gasteiger partial charge in [0.15, 0.2) is 0 Å². The first kappa shape index (κ1) is 29.6. The highest BCUT2D eigenvalue weighted by Gasteiger charge is 2.22. The van der Waals surface area contributed by atoms with Gasteiger partial charge in [-0.15, -0.1) is 0 Å². The van der Waals surface area contributed by atoms with E-state index in [1.54, 1.807) is 0 Å². The lowest BCUT2D eigenvalue weighted by atomic mass is 10.0. The van der Waals surface area contributed by atoms with Crippen LogP contribution >= 0.6 is 0 Å². The van der Waals surface area contributed by atoms with E-state index in [1.165, 1.54) is 76.9 Å². The van der Waals surface area contributed by atoms with Crippen molar-refractivity contribution in [3.8, 4) is 39.4 Å². The molecule has 0 fully saturated rings. The van der Waals surface area contributed by atoms with Crippen molar-refractivity contribution in [3.05, 3.63) is 200 Å². The quantitative estimate of drug-likeness (QED) is 0.172. The van der Waals surface area contributed by atoms with Gasteiger partial charge in [-0.05, 0) is 71.3 Å². The molecule has 3 aromatic heterocycles. The number of hydrogen-bond acceptors (Lipinski definition) is 0. The van der Waals surface area contributed by atoms with E-state index < -0.39 is 0 Å². The predicted molar refractivity (Wildman–Crippen MR) is 223 cm³/mol. The van der Waals surface area contributed by atoms with Gasteiger partial charge in [0.05, 0.1) is 33.3 Å². The Morgan fingerprint density at radius 3 is 1.38 bits per heavy atom. The largest absolute Gasteiger partial charge is 0.309 e. The molecule has 3 heteroatoms. The number of nitrogens with zero attached hydrogens (tertiary/aromatic N) is 3. The Morgan fingerprint density at radius 1 is 0.264 bits per heavy atom. The molecule has 0 unspecified atom stereocenters. The maximum Gasteiger partial charge on any atom is 0.0788 e. The van der Waals surface area contributed by atoms with E-state index in [0.29, 0.717) is 0 Å². The molecule has 0 atom stereocenters. The summed E-state index contributed by atoms with van der Waals surface area (Å²) in [6.07, 6.45) is 0. The average Bonchev–Trinajstić information content (AvgIpc) is 3.90. The topological polar surface area (TPSA) is 14.8 Å². The maximum atomic E-state index is 2.50. The van der Waals surface area contributed by atoms with E-state index in [1.807, 2.05) is 0 Å². The van der Waals surface area contributed by atoms with Gasteiger partial charge in [0.2, 0.25) is 0 Å². The first-order valence-corrected chi connectivity index (χ1v) is 18.2. The third kappa shape index (κ3) is 4.54. The molecule has 0 bridgehead atoms. The fourth-order valence-electron chi connectivity index (χ4n) is 8.53. The molecule has 3 heterocycles. The summed E-state index contributed by atoms with van der Waals surface area (Å²) in [4.78, 5) is 0. The number of rotatable bonds is 5. The minimum atomic E-state index is 1.11. The highest BCUT2D eigenvalue weighted by molar-refractivity contribution is 6.19. The van der Waals surface area contributed by atoms with Crippen LogP contribution in [0.5, 0.6) is 0 Å². The molecule has 3 nitrogen and oxygen atoms in total. The van der Waals surface area contributed by atoms with Crippen LogP contribution in [-0.2, 0) is 0 Å². The highest BCUT2D eigenvalue weighted by atomic mass is 15.1. The van der Waals surface area contributed by atoms with E-state index in [9.17, 15) is 0 Å². The van der Waals surface area contributed by atoms with Crippen LogP contribution < -0.4 is 0 Å². The number of aromatic nitrogens is 3. The molecule has 11 aromatic rings. The van der Waals surface area contributed by atoms with Crippen LogP contribution in [-0.4, -0.2) is 13.7 Å². The highest BCUT2D eigenvalue weighted by Crippen LogP contribution is 2.42. The first-order chi connectivity index (χ1) is 26.3. The summed E-state index contributed by atoms with van der Waals surface area (Å²) in [6.45, 7) is 0. The molecule has 0 aliphatic rings. The van der Waals surface area contributed by atoms with Gasteiger partial charge in [-0.1, -0.05) is 146 Å². The summed E-state index contributed by atoms with van der Waals surface area (Å²) in [6, 6.07) is 72.8. The molecule has 0 aliphatic carbocycles. The van der Waals surface area contributed by atoms with Gasteiger partial charge in [0.25, 0.3) is 0 Å². The van der Waals surface area contributed by atoms with Crippen molar-refractivity contribution >= 4 is 54.5 Å². The zero-order chi connectivity index (χ0) is 34.9. The standard InChI is InChI=1S/C50H33N3/c1-4-16-34(17-5-1)37-30-39(51-45-25-13-10-22-41(45)42-23-11-14-26-46(42)51)33-40(31-37)53-47-27-15-12-24-43(47)44-29-28-36-32-48(35-18-6-2-7-19-35)52(49(36)50(44)53)38-20-8-3-9-21-38/h1-33H. The predicted octanol–water partition coefficient (Wildman–Crippen LogP) is 13.2. The Kier molecular flexibility index (Phi) is 6.55. The third-order valence-electron chi connectivity index (χ3n) is 10.8. The van der Waals surface area contributed by atoms with Gasteiger partial charge in [-0.3, -0.25) is 0 Å². The Balaban J connectivity index is 1.31. The monoisotopic (exact) mass is 675 g/mol. The van der Waals surface area contributed by atoms with Crippen LogP contribution in [0, 0.1) is 0 Å². The molecule has 0 saturated heterocycles. The Labute approximate surface area is 306 Å². The zero-order valence-corrected chi connectivity index (χ0v) is 28.9. The van der Waals surface area contributed by atoms with Crippen LogP contribution in [0.15, 0.2) is 200 Å². The van der Waals surface area contributed by atoms with Crippen molar-refractivity contribution in [1.29, 1.82) is 0 Å². The van der Waals surface area contributed by atoms with E-state index in [-0.39, 0.29) is 0 Å². The summed E-state index contributed by atoms with van der Waals surface area (Å²) < 4.78 is 7.40. The molecule has 0 saturated carbocycles. The second-order valence-corrected chi connectivity index (χ2v) is 13.8. The molecule has 0 radical (unpaired) electrons. The summed E-state index contributed by atoms with van der Waals surface area (Å²) in [7, 11) is 0. The number of hydrogen-bond donors (Lipinski definition) is 0. The van der Waals surface area contributed by atoms with Crippen molar-refractivity contribution in [1.82, 2.24) is 13.7 Å². The summed E-state index contributed by atoms with van der Waals surface area (Å²) >= 11 is 0. The first-order valence-electron chi connectivity index (χ1n) is 18.2. The minimum absolute atomic E-state index is 1.11. The van der Waals surface area contributed by atoms with Crippen molar-refractivity contribution in [2.75, 3.05) is 0 Å². The number of para-hydroxylation sites is 4. The van der Waals surface area contributed by atoms with Crippen molar-refractivity contribution < 1.29 is 0 Å². The lowest BCUT2D eigenvalue weighted by Gasteiger charge is -2.17. The third-order valence-corrected chi connectivity index (χ3v) is 10.8. The molecule has 53 heavy (non-hydrogen) atoms. The van der Waals surface area contributed by atoms with E-state index in [0.717, 1.165) is 17.1 Å². The summed E-state index contributed by atoms with van der Waals surface area (Å²) in [5, 5.41) is 6.16. The molecule has 0 N–H and O–H groups in total. The van der Waals surface area contributed by atoms with Crippen LogP contribution in [0.3, 0.4) is 0 Å². The Hall–Kier alpha value is -7.10. The van der Waals surface area contributed by atoms with Gasteiger partial charge in [-0.25, -0.2) is 0 Å². The van der Waals surface area contributed by atoms with Crippen LogP contribution in [0.4, 0.5) is 0 Å². The summed E-state index contributed by atoms with van der Waals surface area (Å²) in [5.74, 6) is 0. The van der Waals surface area contributed by atoms with E-state index in [2.05, 4.69) is 214 Å². The maximum absolute atomic E-state index is 2.50. The molecular weight excluding hydrogens is 643 g/mol. The van der Waals surface area contributed by atoms with Crippen LogP contribution in [0.2, 0.25) is 0 Å². The molecule has 0 aliphatic heterocycles. The van der Waals surface area contributed by atoms with Crippen LogP contribution in [0.25, 0.3) is 94.0 Å². The number of fused-ring (bicyclic) bond motifs is 8. The average molecular weight is 676 g/mol. The van der Waals surface area contributed by atoms with E-state index >= 15 is 0 Å². The van der Waals surface area contributed by atoms with Gasteiger partial charge in [0.1, 0.15) is 0 Å². The Morgan fingerprint density at radius 2 is 0.755 bits per heavy atom. The molecular formula is C50H33N3. The minimum Gasteiger partial charge on any atom is -0.309 e. The van der Waals surface area contributed by atoms with Gasteiger partial charge in [0, 0.05) is 44.0 Å². The SMILES string of the molecule is c1ccc(-c2cc(-n3c4ccccc4c4ccccc43)cc(-n3c4ccccc4c4ccc5cc(-c6ccccc6)n(-c6ccccc6)c5c43)c2)cc1. The second kappa shape index (κ2) is 11.7. The molecule has 0 amide bonds. The molecule has 0 spiro atoms. The van der Waals surface area contributed by atoms with Gasteiger partial charge >= 0.3 is 0 Å². The lowest BCUT2D eigenvalue weighted by molar-refractivity contribution is 1.11. The van der Waals surface area contributed by atoms with E-state index in [4.69, 9.17) is 0 Å². The van der Waals surface area contributed by atoms with Crippen molar-refractivity contribution in [3.63, 3.8) is 0 Å². The number of benzene rings is 8. The summed E-state index contributed by atoms with van der Waals surface area (Å²) in [5.41, 5.74) is 14.0. The van der Waals surface area contributed by atoms with Crippen LogP contribution in [0.1, 0.15) is 0 Å². The van der Waals surface area contributed by atoms with Gasteiger partial charge < -0.3 is 13.7 Å². The van der Waals surface area contributed by atoms with Crippen molar-refractivity contribution in [2.24, 2.45) is 0 Å². The van der Waals surface area contributed by atoms with Gasteiger partial charge in [-0.2, -0.15) is 0 Å². The smallest absolute Gasteiger partial charge is 0.0788 e. The lowest BCUT2D eigenvalue weighted by Crippen LogP contribution is -2.02. The zero-order valence-electron chi connectivity index (χ0n) is 28.9. The second-order valence-electron chi connectivity index (χ2n) is 13.8. The molecule has 11 rings (SSSR count). The Bertz CT molecular complexity index is 3090. The fraction of sp³-hybridized carbons (Fsp3) is 0.